The van der Waals surface area contributed by atoms with Gasteiger partial charge in [0.05, 0.1) is 13.2 Å². The normalized spacial score (nSPS) is 16.0. The standard InChI is InChI=1S/C12H27NO.C8H19NO/c1-3-4-5-6-7-8-9-10-12(2,13)11-14;1-3-4-5-6-8(2,9)7-10/h14H,3-11,13H2,1-2H3;10H,3-7,9H2,1-2H3. The van der Waals surface area contributed by atoms with Crippen LogP contribution in [0.25, 0.3) is 0 Å². The molecule has 0 bridgehead atoms. The van der Waals surface area contributed by atoms with Crippen molar-refractivity contribution in [1.29, 1.82) is 0 Å². The van der Waals surface area contributed by atoms with E-state index in [1.54, 1.807) is 0 Å². The number of aliphatic hydroxyl groups is 2. The van der Waals surface area contributed by atoms with Crippen LogP contribution < -0.4 is 11.5 Å². The Labute approximate surface area is 151 Å². The third-order valence-corrected chi connectivity index (χ3v) is 4.43. The molecular weight excluding hydrogens is 300 g/mol. The van der Waals surface area contributed by atoms with Crippen molar-refractivity contribution in [2.75, 3.05) is 13.2 Å². The summed E-state index contributed by atoms with van der Waals surface area (Å²) in [6.07, 6.45) is 14.6. The molecule has 6 N–H and O–H groups in total. The number of nitrogens with two attached hydrogens (primary N) is 2. The summed E-state index contributed by atoms with van der Waals surface area (Å²) in [5.74, 6) is 0. The first-order chi connectivity index (χ1) is 11.2. The molecule has 148 valence electrons. The molecule has 0 rings (SSSR count). The maximum atomic E-state index is 8.94. The van der Waals surface area contributed by atoms with Gasteiger partial charge in [-0.2, -0.15) is 0 Å². The van der Waals surface area contributed by atoms with E-state index in [0.29, 0.717) is 0 Å². The molecule has 0 saturated heterocycles. The molecule has 0 aromatic carbocycles. The van der Waals surface area contributed by atoms with E-state index >= 15 is 0 Å². The summed E-state index contributed by atoms with van der Waals surface area (Å²) >= 11 is 0. The number of hydrogen-bond acceptors (Lipinski definition) is 4. The molecule has 4 nitrogen and oxygen atoms in total. The van der Waals surface area contributed by atoms with Crippen molar-refractivity contribution >= 4 is 0 Å². The molecule has 0 aromatic rings. The maximum Gasteiger partial charge on any atom is 0.0608 e. The smallest absolute Gasteiger partial charge is 0.0608 e. The molecule has 0 saturated carbocycles. The molecule has 4 heteroatoms. The summed E-state index contributed by atoms with van der Waals surface area (Å²) < 4.78 is 0. The van der Waals surface area contributed by atoms with Gasteiger partial charge in [0.2, 0.25) is 0 Å². The number of aliphatic hydroxyl groups excluding tert-OH is 2. The second kappa shape index (κ2) is 16.3. The van der Waals surface area contributed by atoms with Crippen LogP contribution in [0.2, 0.25) is 0 Å². The molecule has 0 aliphatic heterocycles. The van der Waals surface area contributed by atoms with E-state index in [-0.39, 0.29) is 24.3 Å². The van der Waals surface area contributed by atoms with E-state index in [2.05, 4.69) is 13.8 Å². The van der Waals surface area contributed by atoms with E-state index in [4.69, 9.17) is 21.7 Å². The van der Waals surface area contributed by atoms with Gasteiger partial charge in [0, 0.05) is 11.1 Å². The lowest BCUT2D eigenvalue weighted by Gasteiger charge is -2.21. The quantitative estimate of drug-likeness (QED) is 0.356. The molecule has 2 unspecified atom stereocenters. The molecule has 0 aliphatic carbocycles. The molecule has 0 heterocycles. The fourth-order valence-corrected chi connectivity index (χ4v) is 2.42. The minimum absolute atomic E-state index is 0.0940. The Morgan fingerprint density at radius 1 is 0.583 bits per heavy atom. The predicted octanol–water partition coefficient (Wildman–Crippen LogP) is 4.11. The molecule has 24 heavy (non-hydrogen) atoms. The van der Waals surface area contributed by atoms with Crippen LogP contribution in [0.3, 0.4) is 0 Å². The van der Waals surface area contributed by atoms with Crippen LogP contribution >= 0.6 is 0 Å². The van der Waals surface area contributed by atoms with Gasteiger partial charge in [-0.3, -0.25) is 0 Å². The number of rotatable bonds is 14. The van der Waals surface area contributed by atoms with Gasteiger partial charge < -0.3 is 21.7 Å². The van der Waals surface area contributed by atoms with Crippen molar-refractivity contribution in [3.05, 3.63) is 0 Å². The van der Waals surface area contributed by atoms with Gasteiger partial charge in [-0.1, -0.05) is 78.1 Å². The van der Waals surface area contributed by atoms with Crippen molar-refractivity contribution in [2.45, 2.75) is 116 Å². The predicted molar refractivity (Wildman–Crippen MR) is 106 cm³/mol. The largest absolute Gasteiger partial charge is 0.394 e. The fourth-order valence-electron chi connectivity index (χ4n) is 2.42. The molecule has 0 fully saturated rings. The summed E-state index contributed by atoms with van der Waals surface area (Å²) in [4.78, 5) is 0. The highest BCUT2D eigenvalue weighted by molar-refractivity contribution is 4.77. The molecule has 0 radical (unpaired) electrons. The van der Waals surface area contributed by atoms with Gasteiger partial charge in [0.25, 0.3) is 0 Å². The third kappa shape index (κ3) is 19.9. The summed E-state index contributed by atoms with van der Waals surface area (Å²) in [6, 6.07) is 0. The summed E-state index contributed by atoms with van der Waals surface area (Å²) in [6.45, 7) is 8.40. The van der Waals surface area contributed by atoms with Crippen LogP contribution in [0, 0.1) is 0 Å². The first kappa shape index (κ1) is 26.1. The lowest BCUT2D eigenvalue weighted by Crippen LogP contribution is -2.39. The monoisotopic (exact) mass is 346 g/mol. The second-order valence-corrected chi connectivity index (χ2v) is 7.95. The zero-order valence-corrected chi connectivity index (χ0v) is 16.9. The van der Waals surface area contributed by atoms with Gasteiger partial charge in [0.15, 0.2) is 0 Å². The highest BCUT2D eigenvalue weighted by Crippen LogP contribution is 2.13. The Bertz CT molecular complexity index is 256. The minimum Gasteiger partial charge on any atom is -0.394 e. The lowest BCUT2D eigenvalue weighted by atomic mass is 9.96. The molecule has 2 atom stereocenters. The molecule has 0 spiro atoms. The SMILES string of the molecule is CCCCCC(C)(N)CO.CCCCCCCCCC(C)(N)CO. The van der Waals surface area contributed by atoms with Crippen molar-refractivity contribution in [3.63, 3.8) is 0 Å². The van der Waals surface area contributed by atoms with Crippen LogP contribution in [0.5, 0.6) is 0 Å². The van der Waals surface area contributed by atoms with Crippen molar-refractivity contribution in [3.8, 4) is 0 Å². The number of hydrogen-bond donors (Lipinski definition) is 4. The van der Waals surface area contributed by atoms with Crippen molar-refractivity contribution in [1.82, 2.24) is 0 Å². The Morgan fingerprint density at radius 3 is 1.25 bits per heavy atom. The van der Waals surface area contributed by atoms with E-state index < -0.39 is 0 Å². The van der Waals surface area contributed by atoms with Crippen LogP contribution in [-0.4, -0.2) is 34.5 Å². The van der Waals surface area contributed by atoms with Gasteiger partial charge in [0.1, 0.15) is 0 Å². The molecular formula is C20H46N2O2. The third-order valence-electron chi connectivity index (χ3n) is 4.43. The molecule has 0 aliphatic rings. The first-order valence-electron chi connectivity index (χ1n) is 10.0. The Balaban J connectivity index is 0. The van der Waals surface area contributed by atoms with Gasteiger partial charge in [-0.05, 0) is 26.7 Å². The molecule has 0 amide bonds. The highest BCUT2D eigenvalue weighted by Gasteiger charge is 2.15. The van der Waals surface area contributed by atoms with Crippen molar-refractivity contribution < 1.29 is 10.2 Å². The summed E-state index contributed by atoms with van der Waals surface area (Å²) in [5.41, 5.74) is 10.8. The fraction of sp³-hybridized carbons (Fsp3) is 1.00. The second-order valence-electron chi connectivity index (χ2n) is 7.95. The van der Waals surface area contributed by atoms with Crippen LogP contribution in [0.15, 0.2) is 0 Å². The Kier molecular flexibility index (Phi) is 17.7. The van der Waals surface area contributed by atoms with E-state index in [9.17, 15) is 0 Å². The summed E-state index contributed by atoms with van der Waals surface area (Å²) in [7, 11) is 0. The lowest BCUT2D eigenvalue weighted by molar-refractivity contribution is 0.197. The number of unbranched alkanes of at least 4 members (excludes halogenated alkanes) is 8. The van der Waals surface area contributed by atoms with E-state index in [1.165, 1.54) is 51.4 Å². The minimum atomic E-state index is -0.358. The average Bonchev–Trinajstić information content (AvgIpc) is 2.55. The Morgan fingerprint density at radius 2 is 0.875 bits per heavy atom. The zero-order chi connectivity index (χ0) is 18.9. The zero-order valence-electron chi connectivity index (χ0n) is 16.9. The van der Waals surface area contributed by atoms with Gasteiger partial charge in [-0.15, -0.1) is 0 Å². The summed E-state index contributed by atoms with van der Waals surface area (Å²) in [5, 5.41) is 17.7. The molecule has 0 aromatic heterocycles. The van der Waals surface area contributed by atoms with Gasteiger partial charge >= 0.3 is 0 Å². The Hall–Kier alpha value is -0.160. The van der Waals surface area contributed by atoms with Crippen LogP contribution in [0.1, 0.15) is 105 Å². The first-order valence-corrected chi connectivity index (χ1v) is 10.0. The van der Waals surface area contributed by atoms with E-state index in [1.807, 2.05) is 13.8 Å². The highest BCUT2D eigenvalue weighted by atomic mass is 16.3. The van der Waals surface area contributed by atoms with Crippen molar-refractivity contribution in [2.24, 2.45) is 11.5 Å². The topological polar surface area (TPSA) is 92.5 Å². The average molecular weight is 347 g/mol. The van der Waals surface area contributed by atoms with Gasteiger partial charge in [-0.25, -0.2) is 0 Å². The van der Waals surface area contributed by atoms with Crippen LogP contribution in [0.4, 0.5) is 0 Å². The maximum absolute atomic E-state index is 8.94. The van der Waals surface area contributed by atoms with E-state index in [0.717, 1.165) is 25.7 Å². The van der Waals surface area contributed by atoms with Crippen LogP contribution in [-0.2, 0) is 0 Å².